The Labute approximate surface area is 418 Å². The van der Waals surface area contributed by atoms with Crippen LogP contribution in [0.3, 0.4) is 0 Å². The zero-order valence-electron chi connectivity index (χ0n) is 40.4. The van der Waals surface area contributed by atoms with Crippen LogP contribution in [0.1, 0.15) is 104 Å². The molecular formula is C55H61BIN8O4. The Hall–Kier alpha value is -6.23. The number of hydrogen-bond acceptors (Lipinski definition) is 9. The molecule has 2 aliphatic carbocycles. The summed E-state index contributed by atoms with van der Waals surface area (Å²) in [6.07, 6.45) is 8.58. The van der Waals surface area contributed by atoms with Crippen molar-refractivity contribution in [1.82, 2.24) is 39.4 Å². The van der Waals surface area contributed by atoms with Crippen LogP contribution >= 0.6 is 22.6 Å². The topological polar surface area (TPSA) is 165 Å². The van der Waals surface area contributed by atoms with Crippen molar-refractivity contribution in [3.63, 3.8) is 0 Å². The number of nitrogens with zero attached hydrogens (tertiary/aromatic N) is 8. The number of imidazole rings is 2. The van der Waals surface area contributed by atoms with Gasteiger partial charge in [0.25, 0.3) is 0 Å². The predicted octanol–water partition coefficient (Wildman–Crippen LogP) is 12.2. The van der Waals surface area contributed by atoms with Gasteiger partial charge in [0.05, 0.1) is 44.5 Å². The van der Waals surface area contributed by atoms with Gasteiger partial charge in [0, 0.05) is 64.0 Å². The van der Waals surface area contributed by atoms with E-state index >= 15 is 0 Å². The Kier molecular flexibility index (Phi) is 15.3. The summed E-state index contributed by atoms with van der Waals surface area (Å²) in [6.45, 7) is 16.1. The monoisotopic (exact) mass is 1040 g/mol. The third-order valence-corrected chi connectivity index (χ3v) is 13.7. The number of pyridine rings is 2. The normalized spacial score (nSPS) is 12.9. The summed E-state index contributed by atoms with van der Waals surface area (Å²) in [6, 6.07) is 25.0. The second-order valence-corrected chi connectivity index (χ2v) is 18.7. The summed E-state index contributed by atoms with van der Waals surface area (Å²) >= 11 is 2.40. The van der Waals surface area contributed by atoms with Crippen LogP contribution < -0.4 is 5.46 Å². The molecule has 0 amide bonds. The van der Waals surface area contributed by atoms with Gasteiger partial charge >= 0.3 is 7.48 Å². The van der Waals surface area contributed by atoms with E-state index in [0.29, 0.717) is 11.8 Å². The quantitative estimate of drug-likeness (QED) is 0.126. The fourth-order valence-corrected chi connectivity index (χ4v) is 10.4. The van der Waals surface area contributed by atoms with Gasteiger partial charge < -0.3 is 28.7 Å². The SMILES string of the molecule is C.CC.Cc1ccc2ncccc2c1-c1cc(-c2c(C)noc2C)cc2nc(C3CC3)n(C)c12.Cc1ccc2ncccc2c1[B]O.Cc1noc(C)c1-c1cc(I)c2c(c1)nc(C1CC1)n2C.O. The zero-order valence-corrected chi connectivity index (χ0v) is 42.5. The maximum atomic E-state index is 9.06. The number of halogens is 1. The second kappa shape index (κ2) is 20.8. The van der Waals surface area contributed by atoms with Gasteiger partial charge in [-0.25, -0.2) is 9.97 Å². The van der Waals surface area contributed by atoms with Crippen molar-refractivity contribution in [3.05, 3.63) is 134 Å². The number of aryl methyl sites for hydroxylation is 8. The number of hydrogen-bond donors (Lipinski definition) is 1. The first-order valence-electron chi connectivity index (χ1n) is 23.1. The first kappa shape index (κ1) is 50.6. The molecule has 0 spiro atoms. The Morgan fingerprint density at radius 1 is 0.609 bits per heavy atom. The molecule has 6 aromatic heterocycles. The third kappa shape index (κ3) is 9.58. The Morgan fingerprint density at radius 3 is 1.59 bits per heavy atom. The first-order valence-corrected chi connectivity index (χ1v) is 24.2. The Balaban J connectivity index is 0.000000161. The van der Waals surface area contributed by atoms with Gasteiger partial charge in [-0.2, -0.15) is 0 Å². The molecule has 355 valence electrons. The molecular weight excluding hydrogens is 974 g/mol. The van der Waals surface area contributed by atoms with E-state index in [1.165, 1.54) is 68.6 Å². The highest BCUT2D eigenvalue weighted by Crippen LogP contribution is 2.45. The molecule has 2 fully saturated rings. The van der Waals surface area contributed by atoms with Crippen molar-refractivity contribution in [3.8, 4) is 33.4 Å². The highest BCUT2D eigenvalue weighted by atomic mass is 127. The van der Waals surface area contributed by atoms with Crippen LogP contribution in [-0.4, -0.2) is 57.4 Å². The summed E-state index contributed by atoms with van der Waals surface area (Å²) in [5.41, 5.74) is 18.2. The molecule has 1 radical (unpaired) electrons. The Bertz CT molecular complexity index is 3430. The number of rotatable bonds is 6. The van der Waals surface area contributed by atoms with Crippen LogP contribution in [0.5, 0.6) is 0 Å². The standard InChI is InChI=1S/C26H24N4O.C16H16IN3O.C10H9BNO.C2H6.CH4.H2O/c1-14-7-10-21-19(6-5-11-27-21)23(14)20-12-18(24-15(2)29-31-16(24)3)13-22-25(20)30(4)26(28-22)17-8-9-17;1-8-14(9(2)21-19-8)11-6-12(17)15-13(7-11)18-16(20(15)3)10-4-5-10;1-7-4-5-9-8(10(7)11-13)3-2-6-12-9;1-2;;/h5-7,10-13,17H,8-9H2,1-4H3;6-7,10H,4-5H2,1-3H3;2-6,13H,1H3;1-2H3;1H4;1H2. The van der Waals surface area contributed by atoms with Crippen molar-refractivity contribution in [2.75, 3.05) is 0 Å². The van der Waals surface area contributed by atoms with Gasteiger partial charge in [-0.3, -0.25) is 9.97 Å². The lowest BCUT2D eigenvalue weighted by molar-refractivity contribution is 0.393. The highest BCUT2D eigenvalue weighted by Gasteiger charge is 2.31. The lowest BCUT2D eigenvalue weighted by Gasteiger charge is -2.14. The lowest BCUT2D eigenvalue weighted by Crippen LogP contribution is -2.18. The van der Waals surface area contributed by atoms with Crippen molar-refractivity contribution in [2.24, 2.45) is 14.1 Å². The smallest absolute Gasteiger partial charge is 0.327 e. The van der Waals surface area contributed by atoms with E-state index in [4.69, 9.17) is 24.0 Å². The second-order valence-electron chi connectivity index (χ2n) is 17.5. The maximum Gasteiger partial charge on any atom is 0.327 e. The van der Waals surface area contributed by atoms with Crippen LogP contribution in [0.25, 0.3) is 77.3 Å². The van der Waals surface area contributed by atoms with Gasteiger partial charge in [-0.1, -0.05) is 61.4 Å². The minimum absolute atomic E-state index is 0. The molecule has 4 aromatic carbocycles. The van der Waals surface area contributed by atoms with E-state index in [-0.39, 0.29) is 12.9 Å². The van der Waals surface area contributed by atoms with Crippen LogP contribution in [0, 0.1) is 45.1 Å². The average Bonchev–Trinajstić information content (AvgIpc) is 4.24. The average molecular weight is 1040 g/mol. The van der Waals surface area contributed by atoms with Crippen molar-refractivity contribution in [2.45, 2.75) is 100 Å². The van der Waals surface area contributed by atoms with Crippen LogP contribution in [0.15, 0.2) is 94.2 Å². The van der Waals surface area contributed by atoms with Crippen molar-refractivity contribution in [1.29, 1.82) is 0 Å². The molecule has 12 nitrogen and oxygen atoms in total. The first-order chi connectivity index (χ1) is 32.4. The molecule has 0 bridgehead atoms. The summed E-state index contributed by atoms with van der Waals surface area (Å²) < 4.78 is 16.6. The molecule has 6 heterocycles. The van der Waals surface area contributed by atoms with Gasteiger partial charge in [-0.15, -0.1) is 0 Å². The van der Waals surface area contributed by atoms with Gasteiger partial charge in [0.1, 0.15) is 23.2 Å². The maximum absolute atomic E-state index is 9.06. The van der Waals surface area contributed by atoms with E-state index in [1.807, 2.05) is 85.0 Å². The zero-order chi connectivity index (χ0) is 47.3. The molecule has 3 N–H and O–H groups in total. The van der Waals surface area contributed by atoms with Crippen LogP contribution in [0.4, 0.5) is 0 Å². The number of benzene rings is 4. The molecule has 0 saturated heterocycles. The predicted molar refractivity (Wildman–Crippen MR) is 289 cm³/mol. The highest BCUT2D eigenvalue weighted by molar-refractivity contribution is 14.1. The Morgan fingerprint density at radius 2 is 1.09 bits per heavy atom. The largest absolute Gasteiger partial charge is 0.450 e. The molecule has 69 heavy (non-hydrogen) atoms. The molecule has 2 aliphatic rings. The van der Waals surface area contributed by atoms with Gasteiger partial charge in [-0.05, 0) is 171 Å². The molecule has 12 rings (SSSR count). The summed E-state index contributed by atoms with van der Waals surface area (Å²) in [7, 11) is 5.42. The van der Waals surface area contributed by atoms with Crippen LogP contribution in [-0.2, 0) is 14.1 Å². The molecule has 0 atom stereocenters. The molecule has 2 saturated carbocycles. The number of aromatic nitrogens is 8. The summed E-state index contributed by atoms with van der Waals surface area (Å²) in [5.74, 6) is 5.32. The summed E-state index contributed by atoms with van der Waals surface area (Å²) in [5, 5.41) is 19.5. The van der Waals surface area contributed by atoms with E-state index in [9.17, 15) is 0 Å². The minimum atomic E-state index is 0. The molecule has 0 aliphatic heterocycles. The van der Waals surface area contributed by atoms with E-state index in [2.05, 4.69) is 115 Å². The number of fused-ring (bicyclic) bond motifs is 4. The fourth-order valence-electron chi connectivity index (χ4n) is 9.44. The third-order valence-electron chi connectivity index (χ3n) is 12.9. The molecule has 10 aromatic rings. The van der Waals surface area contributed by atoms with Gasteiger partial charge in [0.2, 0.25) is 0 Å². The molecule has 14 heteroatoms. The van der Waals surface area contributed by atoms with Crippen molar-refractivity contribution >= 4 is 79.4 Å². The van der Waals surface area contributed by atoms with E-state index < -0.39 is 0 Å². The van der Waals surface area contributed by atoms with Crippen LogP contribution in [0.2, 0.25) is 0 Å². The molecule has 0 unspecified atom stereocenters. The van der Waals surface area contributed by atoms with E-state index in [1.54, 1.807) is 6.20 Å². The summed E-state index contributed by atoms with van der Waals surface area (Å²) in [4.78, 5) is 18.8. The lowest BCUT2D eigenvalue weighted by atomic mass is 9.82. The van der Waals surface area contributed by atoms with E-state index in [0.717, 1.165) is 96.5 Å². The van der Waals surface area contributed by atoms with Gasteiger partial charge in [0.15, 0.2) is 0 Å². The fraction of sp³-hybridized carbons (Fsp3) is 0.309. The van der Waals surface area contributed by atoms with Crippen molar-refractivity contribution < 1.29 is 19.5 Å². The minimum Gasteiger partial charge on any atom is -0.450 e.